The van der Waals surface area contributed by atoms with Crippen molar-refractivity contribution < 1.29 is 24.0 Å². The smallest absolute Gasteiger partial charge is 0.876 e. The van der Waals surface area contributed by atoms with E-state index < -0.39 is 0 Å². The average Bonchev–Trinajstić information content (AvgIpc) is 1.60. The Balaban J connectivity index is 0.000000810. The molecule has 0 radical (unpaired) electrons. The maximum absolute atomic E-state index is 10.8. The van der Waals surface area contributed by atoms with Crippen LogP contribution in [0.3, 0.4) is 0 Å². The van der Waals surface area contributed by atoms with E-state index in [4.69, 9.17) is 0 Å². The molecule has 0 atom stereocenters. The maximum atomic E-state index is 10.8. The van der Waals surface area contributed by atoms with E-state index in [0.29, 0.717) is 5.76 Å². The van der Waals surface area contributed by atoms with E-state index in [2.05, 4.69) is 13.8 Å². The molecule has 0 aliphatic heterocycles. The first-order chi connectivity index (χ1) is 4.10. The van der Waals surface area contributed by atoms with E-state index in [0.717, 1.165) is 12.8 Å². The summed E-state index contributed by atoms with van der Waals surface area (Å²) in [7, 11) is 0. The van der Waals surface area contributed by atoms with E-state index in [-0.39, 0.29) is 24.3 Å². The third-order valence-corrected chi connectivity index (χ3v) is 1.80. The number of rotatable bonds is 0. The molecule has 1 aliphatic rings. The van der Waals surface area contributed by atoms with Crippen LogP contribution in [0.25, 0.3) is 0 Å². The summed E-state index contributed by atoms with van der Waals surface area (Å²) in [6.45, 7) is 4.23. The van der Waals surface area contributed by atoms with Crippen LogP contribution >= 0.6 is 0 Å². The summed E-state index contributed by atoms with van der Waals surface area (Å²) in [5.41, 5.74) is 0.176. The Hall–Kier alpha value is 0.137. The molecule has 0 aromatic carbocycles. The number of allylic oxidation sites excluding steroid dienone is 2. The molecule has 52 valence electrons. The average molecular weight is 132 g/mol. The third kappa shape index (κ3) is 2.81. The Kier molecular flexibility index (Phi) is 3.55. The molecular weight excluding hydrogens is 119 g/mol. The van der Waals surface area contributed by atoms with Crippen LogP contribution in [0.5, 0.6) is 0 Å². The molecule has 0 fully saturated rings. The van der Waals surface area contributed by atoms with Crippen molar-refractivity contribution in [2.45, 2.75) is 33.1 Å². The summed E-state index contributed by atoms with van der Waals surface area (Å²) in [6, 6.07) is 0. The van der Waals surface area contributed by atoms with Crippen LogP contribution in [0.2, 0.25) is 0 Å². The molecule has 0 N–H and O–H groups in total. The van der Waals surface area contributed by atoms with E-state index in [1.54, 1.807) is 0 Å². The summed E-state index contributed by atoms with van der Waals surface area (Å²) in [5, 5.41) is 10.8. The van der Waals surface area contributed by atoms with Crippen molar-refractivity contribution >= 4 is 0 Å². The van der Waals surface area contributed by atoms with Crippen molar-refractivity contribution in [2.75, 3.05) is 0 Å². The van der Waals surface area contributed by atoms with Gasteiger partial charge >= 0.3 is 18.9 Å². The van der Waals surface area contributed by atoms with E-state index in [1.165, 1.54) is 6.42 Å². The van der Waals surface area contributed by atoms with Crippen molar-refractivity contribution in [1.82, 2.24) is 0 Å². The van der Waals surface area contributed by atoms with Gasteiger partial charge in [-0.25, -0.2) is 0 Å². The summed E-state index contributed by atoms with van der Waals surface area (Å²) in [5.74, 6) is 0.325. The van der Waals surface area contributed by atoms with Gasteiger partial charge in [0.05, 0.1) is 0 Å². The monoisotopic (exact) mass is 132 g/mol. The van der Waals surface area contributed by atoms with Crippen LogP contribution in [-0.4, -0.2) is 0 Å². The second kappa shape index (κ2) is 3.51. The minimum Gasteiger partial charge on any atom is -0.876 e. The predicted molar refractivity (Wildman–Crippen MR) is 35.7 cm³/mol. The van der Waals surface area contributed by atoms with E-state index >= 15 is 0 Å². The van der Waals surface area contributed by atoms with Crippen molar-refractivity contribution in [2.24, 2.45) is 5.41 Å². The molecule has 0 unspecified atom stereocenters. The van der Waals surface area contributed by atoms with Crippen LogP contribution in [0.4, 0.5) is 0 Å². The molecule has 10 heavy (non-hydrogen) atoms. The molecule has 0 aromatic rings. The van der Waals surface area contributed by atoms with Crippen LogP contribution in [-0.2, 0) is 0 Å². The van der Waals surface area contributed by atoms with Gasteiger partial charge in [0.2, 0.25) is 0 Å². The normalized spacial score (nSPS) is 22.8. The Bertz CT molecular complexity index is 138. The van der Waals surface area contributed by atoms with Gasteiger partial charge in [0.15, 0.2) is 0 Å². The van der Waals surface area contributed by atoms with Crippen molar-refractivity contribution in [3.05, 3.63) is 11.8 Å². The molecule has 1 aliphatic carbocycles. The fourth-order valence-electron chi connectivity index (χ4n) is 1.30. The van der Waals surface area contributed by atoms with E-state index in [9.17, 15) is 5.11 Å². The quantitative estimate of drug-likeness (QED) is 0.366. The maximum Gasteiger partial charge on any atom is 1.00 e. The molecule has 0 saturated carbocycles. The van der Waals surface area contributed by atoms with Gasteiger partial charge in [-0.1, -0.05) is 19.9 Å². The Labute approximate surface area is 74.7 Å². The molecule has 0 bridgehead atoms. The van der Waals surface area contributed by atoms with Gasteiger partial charge in [-0.3, -0.25) is 0 Å². The largest absolute Gasteiger partial charge is 1.00 e. The minimum absolute atomic E-state index is 0. The first-order valence-electron chi connectivity index (χ1n) is 3.49. The summed E-state index contributed by atoms with van der Waals surface area (Å²) >= 11 is 0. The topological polar surface area (TPSA) is 23.1 Å². The van der Waals surface area contributed by atoms with Gasteiger partial charge in [-0.05, 0) is 24.7 Å². The summed E-state index contributed by atoms with van der Waals surface area (Å²) < 4.78 is 0. The standard InChI is InChI=1S/C8H14O.Li/c1-8(2)5-3-4-7(9)6-8;/h6,9H,3-5H2,1-2H3;/q;+1/p-1. The van der Waals surface area contributed by atoms with Gasteiger partial charge in [0.1, 0.15) is 0 Å². The van der Waals surface area contributed by atoms with Gasteiger partial charge in [-0.2, -0.15) is 0 Å². The van der Waals surface area contributed by atoms with Crippen LogP contribution < -0.4 is 24.0 Å². The molecule has 0 spiro atoms. The van der Waals surface area contributed by atoms with Crippen molar-refractivity contribution in [3.8, 4) is 0 Å². The zero-order chi connectivity index (χ0) is 6.91. The molecule has 0 heterocycles. The van der Waals surface area contributed by atoms with Crippen LogP contribution in [0.1, 0.15) is 33.1 Å². The van der Waals surface area contributed by atoms with Gasteiger partial charge in [0, 0.05) is 0 Å². The Morgan fingerprint density at radius 1 is 1.50 bits per heavy atom. The van der Waals surface area contributed by atoms with Crippen LogP contribution in [0, 0.1) is 5.41 Å². The Morgan fingerprint density at radius 2 is 2.10 bits per heavy atom. The molecule has 1 rings (SSSR count). The minimum atomic E-state index is 0. The fraction of sp³-hybridized carbons (Fsp3) is 0.750. The van der Waals surface area contributed by atoms with Crippen molar-refractivity contribution in [1.29, 1.82) is 0 Å². The summed E-state index contributed by atoms with van der Waals surface area (Å²) in [4.78, 5) is 0. The third-order valence-electron chi connectivity index (χ3n) is 1.80. The Morgan fingerprint density at radius 3 is 2.40 bits per heavy atom. The van der Waals surface area contributed by atoms with Gasteiger partial charge < -0.3 is 5.11 Å². The molecule has 1 nitrogen and oxygen atoms in total. The zero-order valence-corrected chi connectivity index (χ0v) is 7.11. The molecular formula is C8H13LiO. The summed E-state index contributed by atoms with van der Waals surface area (Å²) in [6.07, 6.45) is 4.86. The number of hydrogen-bond acceptors (Lipinski definition) is 1. The predicted octanol–water partition coefficient (Wildman–Crippen LogP) is -1.56. The van der Waals surface area contributed by atoms with Crippen LogP contribution in [0.15, 0.2) is 11.8 Å². The first kappa shape index (κ1) is 10.1. The molecule has 2 heteroatoms. The van der Waals surface area contributed by atoms with Crippen molar-refractivity contribution in [3.63, 3.8) is 0 Å². The zero-order valence-electron chi connectivity index (χ0n) is 7.11. The SMILES string of the molecule is CC1(C)C=C([O-])CCC1.[Li+]. The van der Waals surface area contributed by atoms with E-state index in [1.807, 2.05) is 6.08 Å². The van der Waals surface area contributed by atoms with Gasteiger partial charge in [-0.15, -0.1) is 5.76 Å². The molecule has 0 saturated heterocycles. The first-order valence-corrected chi connectivity index (χ1v) is 3.49. The second-order valence-electron chi connectivity index (χ2n) is 3.45. The second-order valence-corrected chi connectivity index (χ2v) is 3.45. The fourth-order valence-corrected chi connectivity index (χ4v) is 1.30. The van der Waals surface area contributed by atoms with Gasteiger partial charge in [0.25, 0.3) is 0 Å². The molecule has 0 aromatic heterocycles. The number of hydrogen-bond donors (Lipinski definition) is 0. The molecule has 0 amide bonds.